The second-order valence-electron chi connectivity index (χ2n) is 8.34. The van der Waals surface area contributed by atoms with Gasteiger partial charge in [-0.1, -0.05) is 24.3 Å². The van der Waals surface area contributed by atoms with E-state index < -0.39 is 20.0 Å². The van der Waals surface area contributed by atoms with Crippen LogP contribution in [0.25, 0.3) is 6.08 Å². The number of amidine groups is 1. The average molecular weight is 557 g/mol. The molecule has 0 amide bonds. The Labute approximate surface area is 220 Å². The van der Waals surface area contributed by atoms with Gasteiger partial charge in [-0.05, 0) is 55.8 Å². The van der Waals surface area contributed by atoms with E-state index in [2.05, 4.69) is 0 Å². The van der Waals surface area contributed by atoms with Gasteiger partial charge in [-0.3, -0.25) is 9.71 Å². The number of rotatable bonds is 9. The number of nitrogens with two attached hydrogens (primary N) is 1. The van der Waals surface area contributed by atoms with E-state index in [1.807, 2.05) is 4.90 Å². The molecule has 0 radical (unpaired) electrons. The van der Waals surface area contributed by atoms with Gasteiger partial charge in [0.15, 0.2) is 0 Å². The van der Waals surface area contributed by atoms with Crippen LogP contribution in [0.1, 0.15) is 32.3 Å². The molecule has 0 bridgehead atoms. The van der Waals surface area contributed by atoms with Crippen LogP contribution in [0.15, 0.2) is 59.5 Å². The Morgan fingerprint density at radius 3 is 2.33 bits per heavy atom. The van der Waals surface area contributed by atoms with E-state index in [1.54, 1.807) is 62.4 Å². The number of piperidine rings is 1. The highest BCUT2D eigenvalue weighted by Gasteiger charge is 2.22. The summed E-state index contributed by atoms with van der Waals surface area (Å²) in [6, 6.07) is 13.1. The molecule has 2 aromatic rings. The van der Waals surface area contributed by atoms with E-state index >= 15 is 0 Å². The molecule has 1 aliphatic rings. The molecule has 0 aliphatic carbocycles. The monoisotopic (exact) mass is 556 g/mol. The molecule has 0 aromatic heterocycles. The predicted octanol–water partition coefficient (Wildman–Crippen LogP) is 3.47. The third-order valence-electron chi connectivity index (χ3n) is 5.81. The molecule has 3 N–H and O–H groups in total. The van der Waals surface area contributed by atoms with Gasteiger partial charge in [-0.2, -0.15) is 0 Å². The number of sulfonamides is 2. The van der Waals surface area contributed by atoms with Crippen molar-refractivity contribution in [1.82, 2.24) is 4.90 Å². The van der Waals surface area contributed by atoms with Crippen molar-refractivity contribution in [3.63, 3.8) is 0 Å². The van der Waals surface area contributed by atoms with Crippen LogP contribution in [0.2, 0.25) is 0 Å². The smallest absolute Gasteiger partial charge is 0.238 e. The van der Waals surface area contributed by atoms with Gasteiger partial charge in [0.05, 0.1) is 28.7 Å². The van der Waals surface area contributed by atoms with Gasteiger partial charge in [0, 0.05) is 25.9 Å². The molecule has 36 heavy (non-hydrogen) atoms. The van der Waals surface area contributed by atoms with Gasteiger partial charge >= 0.3 is 0 Å². The van der Waals surface area contributed by atoms with Crippen molar-refractivity contribution < 1.29 is 21.6 Å². The SMILES string of the molecule is CCS(=O)(=O)N(C/C=C/c1cccc(S(N)(=O)=O)c1)c1ccc(OC2CCN(C(C)=N)CC2)cc1.Cl. The van der Waals surface area contributed by atoms with E-state index in [4.69, 9.17) is 15.3 Å². The number of nitrogens with zero attached hydrogens (tertiary/aromatic N) is 2. The third kappa shape index (κ3) is 7.95. The van der Waals surface area contributed by atoms with Crippen molar-refractivity contribution in [3.8, 4) is 5.75 Å². The highest BCUT2D eigenvalue weighted by Crippen LogP contribution is 2.25. The Hall–Kier alpha value is -2.60. The third-order valence-corrected chi connectivity index (χ3v) is 8.48. The number of primary sulfonamides is 1. The summed E-state index contributed by atoms with van der Waals surface area (Å²) in [6.45, 7) is 5.02. The fourth-order valence-corrected chi connectivity index (χ4v) is 5.44. The zero-order valence-electron chi connectivity index (χ0n) is 20.3. The quantitative estimate of drug-likeness (QED) is 0.359. The average Bonchev–Trinajstić information content (AvgIpc) is 2.82. The number of nitrogens with one attached hydrogen (secondary N) is 1. The van der Waals surface area contributed by atoms with Crippen LogP contribution < -0.4 is 14.2 Å². The van der Waals surface area contributed by atoms with Crippen LogP contribution >= 0.6 is 12.4 Å². The Morgan fingerprint density at radius 1 is 1.14 bits per heavy atom. The lowest BCUT2D eigenvalue weighted by molar-refractivity contribution is 0.130. The molecule has 198 valence electrons. The Kier molecular flexibility index (Phi) is 10.4. The first-order chi connectivity index (χ1) is 16.5. The van der Waals surface area contributed by atoms with Gasteiger partial charge in [-0.15, -0.1) is 12.4 Å². The molecule has 12 heteroatoms. The minimum absolute atomic E-state index is 0. The van der Waals surface area contributed by atoms with Crippen LogP contribution in [-0.4, -0.2) is 59.1 Å². The van der Waals surface area contributed by atoms with E-state index in [0.29, 0.717) is 22.8 Å². The number of ether oxygens (including phenoxy) is 1. The van der Waals surface area contributed by atoms with Gasteiger partial charge in [0.2, 0.25) is 20.0 Å². The molecule has 1 aliphatic heterocycles. The summed E-state index contributed by atoms with van der Waals surface area (Å²) in [5.74, 6) is 1.17. The van der Waals surface area contributed by atoms with Gasteiger partial charge in [-0.25, -0.2) is 22.0 Å². The van der Waals surface area contributed by atoms with E-state index in [1.165, 1.54) is 16.4 Å². The van der Waals surface area contributed by atoms with Crippen molar-refractivity contribution in [3.05, 3.63) is 60.2 Å². The summed E-state index contributed by atoms with van der Waals surface area (Å²) < 4.78 is 56.0. The largest absolute Gasteiger partial charge is 0.490 e. The van der Waals surface area contributed by atoms with Crippen molar-refractivity contribution >= 4 is 50.1 Å². The molecular formula is C24H33ClN4O5S2. The molecule has 0 atom stereocenters. The standard InChI is InChI=1S/C24H32N4O5S2.ClH/c1-3-34(29,30)28(15-5-7-20-6-4-8-24(18-20)35(26,31)32)21-9-11-22(12-10-21)33-23-13-16-27(17-14-23)19(2)25;/h4-12,18,23,25H,3,13-17H2,1-2H3,(H2,26,31,32);1H/b7-5+,25-19?;. The van der Waals surface area contributed by atoms with E-state index in [-0.39, 0.29) is 35.7 Å². The lowest BCUT2D eigenvalue weighted by Crippen LogP contribution is -2.40. The molecule has 3 rings (SSSR count). The summed E-state index contributed by atoms with van der Waals surface area (Å²) in [6.07, 6.45) is 5.03. The van der Waals surface area contributed by atoms with Crippen LogP contribution in [0.4, 0.5) is 5.69 Å². The number of benzene rings is 2. The fourth-order valence-electron chi connectivity index (χ4n) is 3.81. The normalized spacial score (nSPS) is 14.9. The highest BCUT2D eigenvalue weighted by molar-refractivity contribution is 7.92. The lowest BCUT2D eigenvalue weighted by atomic mass is 10.1. The number of anilines is 1. The molecule has 1 saturated heterocycles. The molecule has 2 aromatic carbocycles. The topological polar surface area (TPSA) is 134 Å². The van der Waals surface area contributed by atoms with Crippen molar-refractivity contribution in [2.75, 3.05) is 29.7 Å². The molecule has 0 saturated carbocycles. The van der Waals surface area contributed by atoms with Gasteiger partial charge < -0.3 is 9.64 Å². The first-order valence-electron chi connectivity index (χ1n) is 11.4. The molecule has 9 nitrogen and oxygen atoms in total. The summed E-state index contributed by atoms with van der Waals surface area (Å²) in [5.41, 5.74) is 1.11. The molecular weight excluding hydrogens is 524 g/mol. The minimum Gasteiger partial charge on any atom is -0.490 e. The molecule has 0 spiro atoms. The number of likely N-dealkylation sites (tertiary alicyclic amines) is 1. The summed E-state index contributed by atoms with van der Waals surface area (Å²) in [7, 11) is -7.38. The van der Waals surface area contributed by atoms with Gasteiger partial charge in [0.25, 0.3) is 0 Å². The summed E-state index contributed by atoms with van der Waals surface area (Å²) in [5, 5.41) is 12.9. The first-order valence-corrected chi connectivity index (χ1v) is 14.5. The minimum atomic E-state index is -3.82. The number of hydrogen-bond acceptors (Lipinski definition) is 6. The molecule has 1 fully saturated rings. The molecule has 1 heterocycles. The zero-order valence-corrected chi connectivity index (χ0v) is 22.8. The van der Waals surface area contributed by atoms with Crippen LogP contribution in [-0.2, 0) is 20.0 Å². The summed E-state index contributed by atoms with van der Waals surface area (Å²) >= 11 is 0. The summed E-state index contributed by atoms with van der Waals surface area (Å²) in [4.78, 5) is 2.02. The second kappa shape index (κ2) is 12.6. The maximum atomic E-state index is 12.8. The van der Waals surface area contributed by atoms with Crippen LogP contribution in [0, 0.1) is 5.41 Å². The number of halogens is 1. The lowest BCUT2D eigenvalue weighted by Gasteiger charge is -2.32. The van der Waals surface area contributed by atoms with Crippen molar-refractivity contribution in [2.45, 2.75) is 37.7 Å². The Morgan fingerprint density at radius 2 is 1.78 bits per heavy atom. The van der Waals surface area contributed by atoms with Crippen LogP contribution in [0.5, 0.6) is 5.75 Å². The van der Waals surface area contributed by atoms with E-state index in [9.17, 15) is 16.8 Å². The highest BCUT2D eigenvalue weighted by atomic mass is 35.5. The molecule has 0 unspecified atom stereocenters. The maximum absolute atomic E-state index is 12.8. The zero-order chi connectivity index (χ0) is 25.6. The van der Waals surface area contributed by atoms with Crippen molar-refractivity contribution in [2.24, 2.45) is 5.14 Å². The van der Waals surface area contributed by atoms with Crippen LogP contribution in [0.3, 0.4) is 0 Å². The van der Waals surface area contributed by atoms with E-state index in [0.717, 1.165) is 25.9 Å². The Bertz CT molecular complexity index is 1270. The first kappa shape index (κ1) is 29.6. The maximum Gasteiger partial charge on any atom is 0.238 e. The number of hydrogen-bond donors (Lipinski definition) is 2. The fraction of sp³-hybridized carbons (Fsp3) is 0.375. The Balaban J connectivity index is 0.00000456. The van der Waals surface area contributed by atoms with Crippen molar-refractivity contribution in [1.29, 1.82) is 5.41 Å². The van der Waals surface area contributed by atoms with Gasteiger partial charge in [0.1, 0.15) is 11.9 Å². The predicted molar refractivity (Wildman–Crippen MR) is 146 cm³/mol. The second-order valence-corrected chi connectivity index (χ2v) is 12.1.